The van der Waals surface area contributed by atoms with E-state index < -0.39 is 6.29 Å². The van der Waals surface area contributed by atoms with E-state index in [1.807, 2.05) is 48.5 Å². The number of carbonyl (C=O) groups excluding carboxylic acids is 2. The van der Waals surface area contributed by atoms with Crippen LogP contribution >= 0.6 is 11.8 Å². The van der Waals surface area contributed by atoms with Gasteiger partial charge in [-0.1, -0.05) is 61.5 Å². The van der Waals surface area contributed by atoms with Crippen LogP contribution in [0.25, 0.3) is 5.69 Å². The van der Waals surface area contributed by atoms with E-state index in [0.29, 0.717) is 29.6 Å². The summed E-state index contributed by atoms with van der Waals surface area (Å²) in [7, 11) is 0. The number of unbranched alkanes of at least 4 members (excludes halogenated alkanes) is 2. The van der Waals surface area contributed by atoms with Crippen molar-refractivity contribution in [1.82, 2.24) is 25.5 Å². The van der Waals surface area contributed by atoms with E-state index in [1.165, 1.54) is 18.7 Å². The van der Waals surface area contributed by atoms with Crippen molar-refractivity contribution in [3.63, 3.8) is 0 Å². The normalized spacial score (nSPS) is 19.3. The molecule has 4 aromatic rings. The number of carbonyl (C=O) groups is 2. The van der Waals surface area contributed by atoms with Crippen molar-refractivity contribution in [1.29, 1.82) is 0 Å². The number of ether oxygens (including phenoxy) is 2. The second kappa shape index (κ2) is 16.5. The molecule has 2 heterocycles. The van der Waals surface area contributed by atoms with Gasteiger partial charge in [-0.05, 0) is 70.8 Å². The second-order valence-electron chi connectivity index (χ2n) is 11.5. The molecular formula is C34H40N6O6S. The molecular weight excluding hydrogens is 620 g/mol. The molecule has 5 rings (SSSR count). The van der Waals surface area contributed by atoms with Gasteiger partial charge in [0, 0.05) is 42.8 Å². The largest absolute Gasteiger partial charge is 0.508 e. The summed E-state index contributed by atoms with van der Waals surface area (Å²) >= 11 is 1.46. The number of anilines is 1. The van der Waals surface area contributed by atoms with Crippen molar-refractivity contribution in [2.45, 2.75) is 69.8 Å². The Labute approximate surface area is 277 Å². The number of thioether (sulfide) groups is 1. The lowest BCUT2D eigenvalue weighted by Crippen LogP contribution is -2.38. The molecule has 3 aromatic carbocycles. The maximum absolute atomic E-state index is 12.7. The number of tetrazole rings is 1. The van der Waals surface area contributed by atoms with Crippen molar-refractivity contribution in [3.05, 3.63) is 89.5 Å². The standard InChI is InChI=1S/C34H40N6O6S/c1-22-30(21-47-34-37-38-39-40(34)28-14-16-29(43)17-15-28)45-33(46-32(22)25-12-10-24(20-41)11-13-25)26-7-6-8-27(19-26)36-31(44)9-4-3-5-18-35-23(2)42/h6-8,10-17,19,22,30,32-33,41,43H,3-5,9,18,20-21H2,1-2H3,(H,35,42)(H,36,44)/t22-,30+,32+,33+/m0/s1. The van der Waals surface area contributed by atoms with Crippen molar-refractivity contribution < 1.29 is 29.3 Å². The number of aromatic nitrogens is 4. The minimum absolute atomic E-state index is 0.0440. The summed E-state index contributed by atoms with van der Waals surface area (Å²) in [4.78, 5) is 23.7. The van der Waals surface area contributed by atoms with E-state index in [0.717, 1.165) is 41.6 Å². The molecule has 0 unspecified atom stereocenters. The van der Waals surface area contributed by atoms with Crippen LogP contribution in [0.2, 0.25) is 0 Å². The predicted molar refractivity (Wildman–Crippen MR) is 177 cm³/mol. The molecule has 0 saturated carbocycles. The van der Waals surface area contributed by atoms with Gasteiger partial charge in [0.15, 0.2) is 6.29 Å². The van der Waals surface area contributed by atoms with Gasteiger partial charge in [0.1, 0.15) is 5.75 Å². The number of phenolic OH excluding ortho intramolecular Hbond substituents is 1. The van der Waals surface area contributed by atoms with Gasteiger partial charge >= 0.3 is 0 Å². The van der Waals surface area contributed by atoms with E-state index in [-0.39, 0.29) is 42.3 Å². The van der Waals surface area contributed by atoms with Crippen molar-refractivity contribution in [2.75, 3.05) is 17.6 Å². The Bertz CT molecular complexity index is 1620. The first-order chi connectivity index (χ1) is 22.8. The highest BCUT2D eigenvalue weighted by atomic mass is 32.2. The molecule has 4 N–H and O–H groups in total. The minimum Gasteiger partial charge on any atom is -0.508 e. The van der Waals surface area contributed by atoms with E-state index in [1.54, 1.807) is 28.9 Å². The second-order valence-corrected chi connectivity index (χ2v) is 12.5. The van der Waals surface area contributed by atoms with Gasteiger partial charge in [-0.2, -0.15) is 4.68 Å². The smallest absolute Gasteiger partial charge is 0.224 e. The fourth-order valence-electron chi connectivity index (χ4n) is 5.33. The van der Waals surface area contributed by atoms with Crippen LogP contribution in [0.3, 0.4) is 0 Å². The maximum atomic E-state index is 12.7. The summed E-state index contributed by atoms with van der Waals surface area (Å²) in [5, 5.41) is 37.8. The third-order valence-electron chi connectivity index (χ3n) is 7.93. The first-order valence-electron chi connectivity index (χ1n) is 15.7. The summed E-state index contributed by atoms with van der Waals surface area (Å²) in [6, 6.07) is 21.9. The number of hydrogen-bond acceptors (Lipinski definition) is 10. The van der Waals surface area contributed by atoms with E-state index >= 15 is 0 Å². The summed E-state index contributed by atoms with van der Waals surface area (Å²) in [6.45, 7) is 4.15. The quantitative estimate of drug-likeness (QED) is 0.106. The lowest BCUT2D eigenvalue weighted by atomic mass is 9.91. The predicted octanol–water partition coefficient (Wildman–Crippen LogP) is 5.08. The number of nitrogens with zero attached hydrogens (tertiary/aromatic N) is 4. The Morgan fingerprint density at radius 3 is 2.51 bits per heavy atom. The van der Waals surface area contributed by atoms with Crippen molar-refractivity contribution in [3.8, 4) is 11.4 Å². The fourth-order valence-corrected chi connectivity index (χ4v) is 6.38. The zero-order valence-electron chi connectivity index (χ0n) is 26.4. The number of benzene rings is 3. The zero-order valence-corrected chi connectivity index (χ0v) is 27.2. The van der Waals surface area contributed by atoms with Crippen molar-refractivity contribution in [2.24, 2.45) is 5.92 Å². The number of amides is 2. The molecule has 12 nitrogen and oxygen atoms in total. The van der Waals surface area contributed by atoms with Crippen LogP contribution in [-0.4, -0.2) is 60.6 Å². The lowest BCUT2D eigenvalue weighted by molar-refractivity contribution is -0.268. The molecule has 0 aliphatic carbocycles. The molecule has 4 atom stereocenters. The van der Waals surface area contributed by atoms with Crippen LogP contribution in [0, 0.1) is 5.92 Å². The van der Waals surface area contributed by atoms with Gasteiger partial charge in [-0.15, -0.1) is 5.10 Å². The van der Waals surface area contributed by atoms with Gasteiger partial charge in [0.2, 0.25) is 17.0 Å². The third-order valence-corrected chi connectivity index (χ3v) is 8.94. The summed E-state index contributed by atoms with van der Waals surface area (Å²) in [5.41, 5.74) is 3.93. The van der Waals surface area contributed by atoms with Crippen molar-refractivity contribution >= 4 is 29.3 Å². The van der Waals surface area contributed by atoms with Gasteiger partial charge < -0.3 is 30.3 Å². The molecule has 13 heteroatoms. The first kappa shape index (κ1) is 34.0. The summed E-state index contributed by atoms with van der Waals surface area (Å²) in [6.07, 6.45) is 1.50. The Hall–Kier alpha value is -4.30. The van der Waals surface area contributed by atoms with Crippen LogP contribution in [0.15, 0.2) is 78.0 Å². The Kier molecular flexibility index (Phi) is 12.0. The molecule has 0 radical (unpaired) electrons. The molecule has 0 bridgehead atoms. The van der Waals surface area contributed by atoms with Gasteiger partial charge in [0.05, 0.1) is 24.5 Å². The Morgan fingerprint density at radius 1 is 0.979 bits per heavy atom. The number of rotatable bonds is 14. The Morgan fingerprint density at radius 2 is 1.77 bits per heavy atom. The van der Waals surface area contributed by atoms with Gasteiger partial charge in [-0.25, -0.2) is 0 Å². The maximum Gasteiger partial charge on any atom is 0.224 e. The van der Waals surface area contributed by atoms with Crippen LogP contribution < -0.4 is 10.6 Å². The third kappa shape index (κ3) is 9.38. The number of aromatic hydroxyl groups is 1. The lowest BCUT2D eigenvalue weighted by Gasteiger charge is -2.41. The SMILES string of the molecule is CC(=O)NCCCCCC(=O)Nc1cccc([C@@H]2O[C@H](CSc3nnnn3-c3ccc(O)cc3)[C@H](C)[C@H](c3ccc(CO)cc3)O2)c1. The number of aliphatic hydroxyl groups excluding tert-OH is 1. The molecule has 1 fully saturated rings. The minimum atomic E-state index is -0.710. The van der Waals surface area contributed by atoms with Gasteiger partial charge in [0.25, 0.3) is 0 Å². The van der Waals surface area contributed by atoms with Gasteiger partial charge in [-0.3, -0.25) is 9.59 Å². The van der Waals surface area contributed by atoms with Crippen LogP contribution in [0.5, 0.6) is 5.75 Å². The molecule has 1 saturated heterocycles. The highest BCUT2D eigenvalue weighted by Gasteiger charge is 2.38. The number of hydrogen-bond donors (Lipinski definition) is 4. The average Bonchev–Trinajstić information content (AvgIpc) is 3.55. The topological polar surface area (TPSA) is 161 Å². The molecule has 1 aromatic heterocycles. The highest BCUT2D eigenvalue weighted by molar-refractivity contribution is 7.99. The summed E-state index contributed by atoms with van der Waals surface area (Å²) in [5.74, 6) is 0.506. The average molecular weight is 661 g/mol. The van der Waals surface area contributed by atoms with Crippen LogP contribution in [-0.2, 0) is 25.7 Å². The first-order valence-corrected chi connectivity index (χ1v) is 16.6. The van der Waals surface area contributed by atoms with E-state index in [4.69, 9.17) is 9.47 Å². The molecule has 248 valence electrons. The van der Waals surface area contributed by atoms with Crippen LogP contribution in [0.4, 0.5) is 5.69 Å². The summed E-state index contributed by atoms with van der Waals surface area (Å²) < 4.78 is 14.8. The molecule has 0 spiro atoms. The fraction of sp³-hybridized carbons (Fsp3) is 0.382. The van der Waals surface area contributed by atoms with Crippen LogP contribution in [0.1, 0.15) is 68.6 Å². The van der Waals surface area contributed by atoms with E-state index in [9.17, 15) is 19.8 Å². The highest BCUT2D eigenvalue weighted by Crippen LogP contribution is 2.43. The number of nitrogens with one attached hydrogen (secondary N) is 2. The molecule has 1 aliphatic rings. The Balaban J connectivity index is 1.29. The number of aliphatic hydroxyl groups is 1. The molecule has 1 aliphatic heterocycles. The molecule has 2 amide bonds. The monoisotopic (exact) mass is 660 g/mol. The molecule has 47 heavy (non-hydrogen) atoms. The zero-order chi connectivity index (χ0) is 33.2. The number of phenols is 1. The van der Waals surface area contributed by atoms with E-state index in [2.05, 4.69) is 33.1 Å².